The van der Waals surface area contributed by atoms with E-state index in [9.17, 15) is 0 Å². The number of nitrogens with zero attached hydrogens (tertiary/aromatic N) is 1. The van der Waals surface area contributed by atoms with Gasteiger partial charge in [-0.3, -0.25) is 0 Å². The summed E-state index contributed by atoms with van der Waals surface area (Å²) in [6.45, 7) is 8.34. The van der Waals surface area contributed by atoms with E-state index in [1.807, 2.05) is 0 Å². The first kappa shape index (κ1) is 13.0. The van der Waals surface area contributed by atoms with Crippen LogP contribution in [-0.2, 0) is 0 Å². The van der Waals surface area contributed by atoms with Crippen LogP contribution in [-0.4, -0.2) is 38.6 Å². The molecule has 1 aliphatic rings. The second-order valence-corrected chi connectivity index (χ2v) is 5.69. The quantitative estimate of drug-likeness (QED) is 0.697. The molecular weight excluding hydrogens is 184 g/mol. The molecule has 0 aromatic carbocycles. The van der Waals surface area contributed by atoms with Crippen LogP contribution < -0.4 is 5.32 Å². The average Bonchev–Trinajstić information content (AvgIpc) is 2.12. The summed E-state index contributed by atoms with van der Waals surface area (Å²) in [5.41, 5.74) is 0.438. The fraction of sp³-hybridized carbons (Fsp3) is 1.00. The van der Waals surface area contributed by atoms with Gasteiger partial charge in [-0.05, 0) is 44.7 Å². The first-order valence-corrected chi connectivity index (χ1v) is 6.43. The maximum atomic E-state index is 3.32. The highest BCUT2D eigenvalue weighted by Crippen LogP contribution is 2.28. The van der Waals surface area contributed by atoms with Gasteiger partial charge in [-0.25, -0.2) is 0 Å². The maximum absolute atomic E-state index is 3.32. The highest BCUT2D eigenvalue weighted by Gasteiger charge is 2.25. The van der Waals surface area contributed by atoms with Gasteiger partial charge in [-0.15, -0.1) is 0 Å². The monoisotopic (exact) mass is 212 g/mol. The van der Waals surface area contributed by atoms with Crippen LogP contribution in [0, 0.1) is 11.3 Å². The lowest BCUT2D eigenvalue weighted by Gasteiger charge is -2.36. The Hall–Kier alpha value is -0.0800. The summed E-state index contributed by atoms with van der Waals surface area (Å²) < 4.78 is 0. The molecule has 2 nitrogen and oxygen atoms in total. The normalized spacial score (nSPS) is 21.4. The molecule has 1 rings (SSSR count). The largest absolute Gasteiger partial charge is 0.319 e. The summed E-state index contributed by atoms with van der Waals surface area (Å²) in [6.07, 6.45) is 5.63. The Morgan fingerprint density at radius 1 is 1.40 bits per heavy atom. The topological polar surface area (TPSA) is 15.3 Å². The van der Waals surface area contributed by atoms with Gasteiger partial charge in [0, 0.05) is 19.6 Å². The van der Waals surface area contributed by atoms with Crippen molar-refractivity contribution in [3.63, 3.8) is 0 Å². The standard InChI is InChI=1S/C13H28N2/c1-5-13(2,10-14-3)11-15(4)9-12-7-6-8-12/h12,14H,5-11H2,1-4H3. The van der Waals surface area contributed by atoms with Crippen molar-refractivity contribution in [2.75, 3.05) is 33.7 Å². The minimum absolute atomic E-state index is 0.438. The summed E-state index contributed by atoms with van der Waals surface area (Å²) in [4.78, 5) is 2.53. The molecule has 0 aromatic rings. The van der Waals surface area contributed by atoms with E-state index in [1.54, 1.807) is 0 Å². The highest BCUT2D eigenvalue weighted by molar-refractivity contribution is 4.80. The number of rotatable bonds is 7. The number of hydrogen-bond acceptors (Lipinski definition) is 2. The summed E-state index contributed by atoms with van der Waals surface area (Å²) in [7, 11) is 4.34. The molecule has 0 heterocycles. The third kappa shape index (κ3) is 4.12. The van der Waals surface area contributed by atoms with Crippen LogP contribution in [0.2, 0.25) is 0 Å². The van der Waals surface area contributed by atoms with Gasteiger partial charge < -0.3 is 10.2 Å². The summed E-state index contributed by atoms with van der Waals surface area (Å²) in [6, 6.07) is 0. The summed E-state index contributed by atoms with van der Waals surface area (Å²) in [5, 5.41) is 3.32. The molecule has 0 bridgehead atoms. The minimum Gasteiger partial charge on any atom is -0.319 e. The zero-order chi connectivity index (χ0) is 11.3. The molecule has 1 N–H and O–H groups in total. The molecule has 0 amide bonds. The first-order chi connectivity index (χ1) is 7.09. The lowest BCUT2D eigenvalue weighted by atomic mass is 9.83. The Balaban J connectivity index is 2.28. The van der Waals surface area contributed by atoms with Crippen LogP contribution >= 0.6 is 0 Å². The van der Waals surface area contributed by atoms with Crippen molar-refractivity contribution >= 4 is 0 Å². The van der Waals surface area contributed by atoms with Gasteiger partial charge in [-0.1, -0.05) is 20.3 Å². The van der Waals surface area contributed by atoms with E-state index in [-0.39, 0.29) is 0 Å². The van der Waals surface area contributed by atoms with Gasteiger partial charge in [-0.2, -0.15) is 0 Å². The highest BCUT2D eigenvalue weighted by atomic mass is 15.1. The number of hydrogen-bond donors (Lipinski definition) is 1. The van der Waals surface area contributed by atoms with E-state index in [2.05, 4.69) is 38.2 Å². The molecule has 1 atom stereocenters. The molecule has 0 aromatic heterocycles. The Kier molecular flexibility index (Phi) is 5.07. The predicted molar refractivity (Wildman–Crippen MR) is 67.2 cm³/mol. The Morgan fingerprint density at radius 3 is 2.47 bits per heavy atom. The second-order valence-electron chi connectivity index (χ2n) is 5.69. The Bertz CT molecular complexity index is 177. The predicted octanol–water partition coefficient (Wildman–Crippen LogP) is 2.35. The van der Waals surface area contributed by atoms with Crippen LogP contribution in [0.3, 0.4) is 0 Å². The lowest BCUT2D eigenvalue weighted by molar-refractivity contribution is 0.140. The van der Waals surface area contributed by atoms with Crippen LogP contribution in [0.1, 0.15) is 39.5 Å². The van der Waals surface area contributed by atoms with Crippen molar-refractivity contribution in [1.29, 1.82) is 0 Å². The fourth-order valence-corrected chi connectivity index (χ4v) is 2.55. The van der Waals surface area contributed by atoms with E-state index >= 15 is 0 Å². The van der Waals surface area contributed by atoms with Crippen molar-refractivity contribution in [2.45, 2.75) is 39.5 Å². The van der Waals surface area contributed by atoms with E-state index in [0.29, 0.717) is 5.41 Å². The second kappa shape index (κ2) is 5.86. The zero-order valence-electron chi connectivity index (χ0n) is 11.0. The molecule has 15 heavy (non-hydrogen) atoms. The molecule has 1 fully saturated rings. The van der Waals surface area contributed by atoms with Gasteiger partial charge in [0.25, 0.3) is 0 Å². The van der Waals surface area contributed by atoms with Crippen molar-refractivity contribution in [3.05, 3.63) is 0 Å². The fourth-order valence-electron chi connectivity index (χ4n) is 2.55. The average molecular weight is 212 g/mol. The zero-order valence-corrected chi connectivity index (χ0v) is 11.0. The minimum atomic E-state index is 0.438. The smallest absolute Gasteiger partial charge is 0.00444 e. The van der Waals surface area contributed by atoms with Crippen LogP contribution in [0.5, 0.6) is 0 Å². The lowest BCUT2D eigenvalue weighted by Crippen LogP contribution is -2.42. The molecule has 1 unspecified atom stereocenters. The molecule has 1 saturated carbocycles. The molecule has 0 radical (unpaired) electrons. The van der Waals surface area contributed by atoms with Crippen LogP contribution in [0.25, 0.3) is 0 Å². The van der Waals surface area contributed by atoms with Crippen molar-refractivity contribution in [3.8, 4) is 0 Å². The molecule has 1 aliphatic carbocycles. The van der Waals surface area contributed by atoms with E-state index in [4.69, 9.17) is 0 Å². The Morgan fingerprint density at radius 2 is 2.07 bits per heavy atom. The SMILES string of the molecule is CCC(C)(CNC)CN(C)CC1CCC1. The van der Waals surface area contributed by atoms with Gasteiger partial charge in [0.05, 0.1) is 0 Å². The summed E-state index contributed by atoms with van der Waals surface area (Å²) >= 11 is 0. The third-order valence-corrected chi connectivity index (χ3v) is 3.90. The van der Waals surface area contributed by atoms with Crippen molar-refractivity contribution < 1.29 is 0 Å². The van der Waals surface area contributed by atoms with E-state index in [1.165, 1.54) is 38.8 Å². The van der Waals surface area contributed by atoms with E-state index < -0.39 is 0 Å². The van der Waals surface area contributed by atoms with E-state index in [0.717, 1.165) is 12.5 Å². The van der Waals surface area contributed by atoms with Crippen LogP contribution in [0.15, 0.2) is 0 Å². The van der Waals surface area contributed by atoms with Gasteiger partial charge in [0.2, 0.25) is 0 Å². The van der Waals surface area contributed by atoms with Gasteiger partial charge >= 0.3 is 0 Å². The maximum Gasteiger partial charge on any atom is 0.00444 e. The summed E-state index contributed by atoms with van der Waals surface area (Å²) in [5.74, 6) is 0.991. The number of nitrogens with one attached hydrogen (secondary N) is 1. The molecule has 0 aliphatic heterocycles. The van der Waals surface area contributed by atoms with Crippen molar-refractivity contribution in [1.82, 2.24) is 10.2 Å². The van der Waals surface area contributed by atoms with Gasteiger partial charge in [0.15, 0.2) is 0 Å². The molecular formula is C13H28N2. The first-order valence-electron chi connectivity index (χ1n) is 6.43. The molecule has 0 spiro atoms. The molecule has 90 valence electrons. The van der Waals surface area contributed by atoms with Crippen molar-refractivity contribution in [2.24, 2.45) is 11.3 Å². The Labute approximate surface area is 95.4 Å². The molecule has 2 heteroatoms. The van der Waals surface area contributed by atoms with Gasteiger partial charge in [0.1, 0.15) is 0 Å². The third-order valence-electron chi connectivity index (χ3n) is 3.90. The van der Waals surface area contributed by atoms with Crippen LogP contribution in [0.4, 0.5) is 0 Å². The molecule has 0 saturated heterocycles.